The Morgan fingerprint density at radius 3 is 2.62 bits per heavy atom. The molecule has 0 fully saturated rings. The van der Waals surface area contributed by atoms with E-state index in [2.05, 4.69) is 15.3 Å². The summed E-state index contributed by atoms with van der Waals surface area (Å²) in [7, 11) is 0. The van der Waals surface area contributed by atoms with Crippen LogP contribution in [0.5, 0.6) is 0 Å². The van der Waals surface area contributed by atoms with Crippen LogP contribution in [0.25, 0.3) is 0 Å². The molecule has 0 bridgehead atoms. The summed E-state index contributed by atoms with van der Waals surface area (Å²) in [6.07, 6.45) is 3.97. The highest BCUT2D eigenvalue weighted by Crippen LogP contribution is 2.20. The first kappa shape index (κ1) is 17.2. The highest BCUT2D eigenvalue weighted by molar-refractivity contribution is 5.84. The summed E-state index contributed by atoms with van der Waals surface area (Å²) in [5.74, 6) is -1.43. The number of aromatic amines is 1. The molecule has 7 nitrogen and oxygen atoms in total. The minimum Gasteiger partial charge on any atom is -0.480 e. The molecule has 0 saturated heterocycles. The van der Waals surface area contributed by atoms with Crippen molar-refractivity contribution in [3.8, 4) is 0 Å². The Morgan fingerprint density at radius 1 is 1.48 bits per heavy atom. The number of imidazole rings is 1. The van der Waals surface area contributed by atoms with Gasteiger partial charge in [0, 0.05) is 30.8 Å². The van der Waals surface area contributed by atoms with Crippen LogP contribution in [0.15, 0.2) is 12.5 Å². The number of hydrogen-bond donors (Lipinski definition) is 4. The SMILES string of the molecule is CC(C)(C)CC(N)CC(=O)N[C@H](Cc1cnc[nH]1)C(=O)O. The molecule has 2 atom stereocenters. The smallest absolute Gasteiger partial charge is 0.326 e. The molecule has 21 heavy (non-hydrogen) atoms. The predicted molar refractivity (Wildman–Crippen MR) is 78.5 cm³/mol. The molecule has 0 spiro atoms. The largest absolute Gasteiger partial charge is 0.480 e. The van der Waals surface area contributed by atoms with Gasteiger partial charge in [-0.1, -0.05) is 20.8 Å². The van der Waals surface area contributed by atoms with Crippen LogP contribution in [0.1, 0.15) is 39.3 Å². The van der Waals surface area contributed by atoms with E-state index in [4.69, 9.17) is 10.8 Å². The van der Waals surface area contributed by atoms with E-state index in [1.165, 1.54) is 12.5 Å². The van der Waals surface area contributed by atoms with Gasteiger partial charge in [-0.2, -0.15) is 0 Å². The molecule has 0 aliphatic rings. The van der Waals surface area contributed by atoms with Gasteiger partial charge in [-0.25, -0.2) is 9.78 Å². The molecule has 0 aliphatic carbocycles. The molecule has 1 amide bonds. The van der Waals surface area contributed by atoms with Gasteiger partial charge in [0.2, 0.25) is 5.91 Å². The van der Waals surface area contributed by atoms with Crippen molar-refractivity contribution in [1.29, 1.82) is 0 Å². The van der Waals surface area contributed by atoms with E-state index in [-0.39, 0.29) is 30.2 Å². The summed E-state index contributed by atoms with van der Waals surface area (Å²) in [5.41, 5.74) is 6.61. The van der Waals surface area contributed by atoms with Gasteiger partial charge in [0.05, 0.1) is 6.33 Å². The zero-order valence-electron chi connectivity index (χ0n) is 12.7. The number of H-pyrrole nitrogens is 1. The van der Waals surface area contributed by atoms with Gasteiger partial charge in [-0.3, -0.25) is 4.79 Å². The zero-order valence-corrected chi connectivity index (χ0v) is 12.7. The van der Waals surface area contributed by atoms with E-state index in [1.807, 2.05) is 20.8 Å². The normalized spacial score (nSPS) is 14.5. The number of carboxylic acid groups (broad SMARTS) is 1. The topological polar surface area (TPSA) is 121 Å². The van der Waals surface area contributed by atoms with Crippen molar-refractivity contribution in [2.75, 3.05) is 0 Å². The van der Waals surface area contributed by atoms with Crippen LogP contribution in [0.4, 0.5) is 0 Å². The zero-order chi connectivity index (χ0) is 16.0. The standard InChI is InChI=1S/C14H24N4O3/c1-14(2,3)6-9(15)4-12(19)18-11(13(20)21)5-10-7-16-8-17-10/h7-9,11H,4-6,15H2,1-3H3,(H,16,17)(H,18,19)(H,20,21)/t9?,11-/m1/s1. The molecule has 0 aromatic carbocycles. The summed E-state index contributed by atoms with van der Waals surface area (Å²) in [4.78, 5) is 29.7. The van der Waals surface area contributed by atoms with Gasteiger partial charge >= 0.3 is 5.97 Å². The number of carbonyl (C=O) groups is 2. The van der Waals surface area contributed by atoms with Crippen LogP contribution in [-0.2, 0) is 16.0 Å². The molecule has 0 radical (unpaired) electrons. The Balaban J connectivity index is 2.51. The third-order valence-corrected chi connectivity index (χ3v) is 2.93. The number of rotatable bonds is 7. The van der Waals surface area contributed by atoms with Crippen molar-refractivity contribution >= 4 is 11.9 Å². The number of aliphatic carboxylic acids is 1. The lowest BCUT2D eigenvalue weighted by Gasteiger charge is -2.23. The third kappa shape index (κ3) is 6.89. The van der Waals surface area contributed by atoms with Gasteiger partial charge < -0.3 is 21.1 Å². The maximum Gasteiger partial charge on any atom is 0.326 e. The van der Waals surface area contributed by atoms with E-state index in [0.29, 0.717) is 12.1 Å². The summed E-state index contributed by atoms with van der Waals surface area (Å²) >= 11 is 0. The van der Waals surface area contributed by atoms with Gasteiger partial charge in [0.15, 0.2) is 0 Å². The maximum atomic E-state index is 11.9. The Kier molecular flexibility index (Phi) is 5.90. The number of carbonyl (C=O) groups excluding carboxylic acids is 1. The third-order valence-electron chi connectivity index (χ3n) is 2.93. The molecule has 0 aliphatic heterocycles. The van der Waals surface area contributed by atoms with E-state index in [1.54, 1.807) is 0 Å². The molecule has 1 aromatic heterocycles. The summed E-state index contributed by atoms with van der Waals surface area (Å²) in [6, 6.07) is -1.27. The second-order valence-electron chi connectivity index (χ2n) is 6.47. The van der Waals surface area contributed by atoms with Crippen LogP contribution >= 0.6 is 0 Å². The minimum atomic E-state index is -1.08. The quantitative estimate of drug-likeness (QED) is 0.589. The molecule has 118 valence electrons. The van der Waals surface area contributed by atoms with Crippen LogP contribution < -0.4 is 11.1 Å². The number of aromatic nitrogens is 2. The molecule has 5 N–H and O–H groups in total. The van der Waals surface area contributed by atoms with Crippen molar-refractivity contribution in [2.45, 2.75) is 52.1 Å². The first-order valence-corrected chi connectivity index (χ1v) is 6.92. The molecular weight excluding hydrogens is 272 g/mol. The van der Waals surface area contributed by atoms with E-state index < -0.39 is 12.0 Å². The van der Waals surface area contributed by atoms with Crippen molar-refractivity contribution in [2.24, 2.45) is 11.1 Å². The predicted octanol–water partition coefficient (Wildman–Crippen LogP) is 0.675. The number of carboxylic acids is 1. The highest BCUT2D eigenvalue weighted by Gasteiger charge is 2.23. The van der Waals surface area contributed by atoms with E-state index in [0.717, 1.165) is 0 Å². The maximum absolute atomic E-state index is 11.9. The van der Waals surface area contributed by atoms with Crippen molar-refractivity contribution in [3.05, 3.63) is 18.2 Å². The second-order valence-corrected chi connectivity index (χ2v) is 6.47. The molecule has 1 aromatic rings. The average molecular weight is 296 g/mol. The van der Waals surface area contributed by atoms with E-state index in [9.17, 15) is 9.59 Å². The van der Waals surface area contributed by atoms with Gasteiger partial charge in [-0.05, 0) is 11.8 Å². The Labute approximate surface area is 124 Å². The first-order chi connectivity index (χ1) is 9.67. The monoisotopic (exact) mass is 296 g/mol. The van der Waals surface area contributed by atoms with Crippen LogP contribution in [0.3, 0.4) is 0 Å². The lowest BCUT2D eigenvalue weighted by atomic mass is 9.87. The molecule has 1 rings (SSSR count). The first-order valence-electron chi connectivity index (χ1n) is 6.92. The number of nitrogens with two attached hydrogens (primary N) is 1. The van der Waals surface area contributed by atoms with Crippen LogP contribution in [0.2, 0.25) is 0 Å². The number of nitrogens with zero attached hydrogens (tertiary/aromatic N) is 1. The Morgan fingerprint density at radius 2 is 2.14 bits per heavy atom. The minimum absolute atomic E-state index is 0.0296. The van der Waals surface area contributed by atoms with Gasteiger partial charge in [0.1, 0.15) is 6.04 Å². The average Bonchev–Trinajstić information content (AvgIpc) is 2.77. The lowest BCUT2D eigenvalue weighted by molar-refractivity contribution is -0.141. The summed E-state index contributed by atoms with van der Waals surface area (Å²) in [6.45, 7) is 6.13. The van der Waals surface area contributed by atoms with Crippen molar-refractivity contribution in [1.82, 2.24) is 15.3 Å². The van der Waals surface area contributed by atoms with E-state index >= 15 is 0 Å². The summed E-state index contributed by atoms with van der Waals surface area (Å²) in [5, 5.41) is 11.7. The number of hydrogen-bond acceptors (Lipinski definition) is 4. The Bertz CT molecular complexity index is 465. The second kappa shape index (κ2) is 7.21. The van der Waals surface area contributed by atoms with Crippen LogP contribution in [-0.4, -0.2) is 39.0 Å². The van der Waals surface area contributed by atoms with Crippen molar-refractivity contribution in [3.63, 3.8) is 0 Å². The molecule has 1 heterocycles. The fraction of sp³-hybridized carbons (Fsp3) is 0.643. The molecule has 1 unspecified atom stereocenters. The van der Waals surface area contributed by atoms with Gasteiger partial charge in [0.25, 0.3) is 0 Å². The van der Waals surface area contributed by atoms with Gasteiger partial charge in [-0.15, -0.1) is 0 Å². The molecular formula is C14H24N4O3. The molecule has 7 heteroatoms. The molecule has 0 saturated carbocycles. The van der Waals surface area contributed by atoms with Crippen LogP contribution in [0, 0.1) is 5.41 Å². The highest BCUT2D eigenvalue weighted by atomic mass is 16.4. The fourth-order valence-corrected chi connectivity index (χ4v) is 2.17. The Hall–Kier alpha value is -1.89. The number of nitrogens with one attached hydrogen (secondary N) is 2. The fourth-order valence-electron chi connectivity index (χ4n) is 2.17. The number of amides is 1. The summed E-state index contributed by atoms with van der Waals surface area (Å²) < 4.78 is 0. The lowest BCUT2D eigenvalue weighted by Crippen LogP contribution is -2.44. The van der Waals surface area contributed by atoms with Crippen molar-refractivity contribution < 1.29 is 14.7 Å².